The normalized spacial score (nSPS) is 15.3. The number of anilines is 3. The average molecular weight is 436 g/mol. The Bertz CT molecular complexity index is 1240. The smallest absolute Gasteiger partial charge is 0.163 e. The molecule has 1 aliphatic rings. The van der Waals surface area contributed by atoms with E-state index >= 15 is 0 Å². The maximum absolute atomic E-state index is 13.4. The lowest BCUT2D eigenvalue weighted by Gasteiger charge is -2.29. The van der Waals surface area contributed by atoms with Gasteiger partial charge in [-0.15, -0.1) is 0 Å². The number of hydrogen-bond acceptors (Lipinski definition) is 7. The van der Waals surface area contributed by atoms with Crippen LogP contribution in [-0.4, -0.2) is 56.1 Å². The van der Waals surface area contributed by atoms with Gasteiger partial charge in [-0.25, -0.2) is 9.37 Å². The number of H-pyrrole nitrogens is 1. The number of fused-ring (bicyclic) bond motifs is 1. The van der Waals surface area contributed by atoms with Gasteiger partial charge >= 0.3 is 0 Å². The lowest BCUT2D eigenvalue weighted by Crippen LogP contribution is -2.37. The van der Waals surface area contributed by atoms with E-state index in [1.165, 1.54) is 12.3 Å². The molecule has 10 heteroatoms. The van der Waals surface area contributed by atoms with Crippen LogP contribution in [0.5, 0.6) is 0 Å². The van der Waals surface area contributed by atoms with E-state index in [4.69, 9.17) is 14.8 Å². The molecule has 0 aromatic carbocycles. The van der Waals surface area contributed by atoms with Crippen LogP contribution in [0.3, 0.4) is 0 Å². The van der Waals surface area contributed by atoms with Crippen molar-refractivity contribution in [3.05, 3.63) is 58.9 Å². The van der Waals surface area contributed by atoms with Gasteiger partial charge in [-0.1, -0.05) is 6.92 Å². The van der Waals surface area contributed by atoms with Gasteiger partial charge in [0.1, 0.15) is 17.5 Å². The molecular formula is C22H25FN8O. The van der Waals surface area contributed by atoms with Crippen LogP contribution in [0, 0.1) is 19.7 Å². The molecule has 4 aromatic heterocycles. The number of hydrogen-bond donors (Lipinski definition) is 2. The second-order valence-corrected chi connectivity index (χ2v) is 8.02. The summed E-state index contributed by atoms with van der Waals surface area (Å²) in [4.78, 5) is 11.4. The molecule has 5 rings (SSSR count). The Labute approximate surface area is 184 Å². The number of morpholine rings is 1. The van der Waals surface area contributed by atoms with Crippen molar-refractivity contribution in [1.82, 2.24) is 29.8 Å². The summed E-state index contributed by atoms with van der Waals surface area (Å²) in [7, 11) is 0. The van der Waals surface area contributed by atoms with E-state index < -0.39 is 0 Å². The summed E-state index contributed by atoms with van der Waals surface area (Å²) in [6.45, 7) is 8.81. The molecule has 5 heterocycles. The average Bonchev–Trinajstić information content (AvgIpc) is 3.35. The first-order chi connectivity index (χ1) is 15.5. The largest absolute Gasteiger partial charge is 0.378 e. The summed E-state index contributed by atoms with van der Waals surface area (Å²) < 4.78 is 20.8. The van der Waals surface area contributed by atoms with Crippen LogP contribution in [0.15, 0.2) is 30.5 Å². The Morgan fingerprint density at radius 2 is 1.97 bits per heavy atom. The van der Waals surface area contributed by atoms with E-state index in [0.29, 0.717) is 24.8 Å². The predicted octanol–water partition coefficient (Wildman–Crippen LogP) is 3.34. The minimum absolute atomic E-state index is 0.110. The first-order valence-corrected chi connectivity index (χ1v) is 10.6. The number of nitrogens with zero attached hydrogens (tertiary/aromatic N) is 6. The van der Waals surface area contributed by atoms with Crippen LogP contribution in [0.1, 0.15) is 35.5 Å². The fourth-order valence-corrected chi connectivity index (χ4v) is 4.12. The van der Waals surface area contributed by atoms with Gasteiger partial charge in [0.2, 0.25) is 0 Å². The summed E-state index contributed by atoms with van der Waals surface area (Å²) in [6.07, 6.45) is 1.24. The third-order valence-corrected chi connectivity index (χ3v) is 5.71. The molecule has 0 radical (unpaired) electrons. The summed E-state index contributed by atoms with van der Waals surface area (Å²) in [5.74, 6) is 1.83. The number of aromatic amines is 1. The van der Waals surface area contributed by atoms with Crippen molar-refractivity contribution in [3.8, 4) is 0 Å². The predicted molar refractivity (Wildman–Crippen MR) is 119 cm³/mol. The van der Waals surface area contributed by atoms with Crippen LogP contribution in [0.4, 0.5) is 21.8 Å². The molecule has 1 fully saturated rings. The van der Waals surface area contributed by atoms with Crippen molar-refractivity contribution in [1.29, 1.82) is 0 Å². The molecule has 1 aliphatic heterocycles. The molecule has 4 aromatic rings. The number of rotatable bonds is 5. The van der Waals surface area contributed by atoms with Crippen molar-refractivity contribution < 1.29 is 9.13 Å². The molecule has 0 unspecified atom stereocenters. The zero-order valence-electron chi connectivity index (χ0n) is 18.3. The van der Waals surface area contributed by atoms with Crippen molar-refractivity contribution >= 4 is 23.1 Å². The first kappa shape index (κ1) is 20.4. The Balaban J connectivity index is 1.64. The highest BCUT2D eigenvalue weighted by Crippen LogP contribution is 2.32. The molecule has 0 bridgehead atoms. The summed E-state index contributed by atoms with van der Waals surface area (Å²) >= 11 is 0. The Morgan fingerprint density at radius 3 is 2.66 bits per heavy atom. The second kappa shape index (κ2) is 8.19. The molecule has 0 amide bonds. The molecule has 1 saturated heterocycles. The van der Waals surface area contributed by atoms with Crippen LogP contribution in [0.2, 0.25) is 0 Å². The lowest BCUT2D eigenvalue weighted by atomic mass is 9.97. The van der Waals surface area contributed by atoms with E-state index in [9.17, 15) is 4.39 Å². The fourth-order valence-electron chi connectivity index (χ4n) is 4.12. The minimum atomic E-state index is -0.356. The molecule has 2 N–H and O–H groups in total. The number of ether oxygens (including phenoxy) is 1. The molecule has 1 atom stereocenters. The van der Waals surface area contributed by atoms with Crippen LogP contribution in [-0.2, 0) is 4.74 Å². The number of nitrogens with one attached hydrogen (secondary N) is 2. The van der Waals surface area contributed by atoms with Gasteiger partial charge in [0.25, 0.3) is 0 Å². The first-order valence-electron chi connectivity index (χ1n) is 10.6. The Kier molecular flexibility index (Phi) is 5.22. The maximum Gasteiger partial charge on any atom is 0.163 e. The van der Waals surface area contributed by atoms with Crippen molar-refractivity contribution in [2.45, 2.75) is 26.7 Å². The third-order valence-electron chi connectivity index (χ3n) is 5.71. The third kappa shape index (κ3) is 3.77. The quantitative estimate of drug-likeness (QED) is 0.495. The minimum Gasteiger partial charge on any atom is -0.378 e. The zero-order chi connectivity index (χ0) is 22.2. The van der Waals surface area contributed by atoms with Gasteiger partial charge in [0.05, 0.1) is 25.1 Å². The molecule has 0 aliphatic carbocycles. The highest BCUT2D eigenvalue weighted by Gasteiger charge is 2.24. The molecule has 0 spiro atoms. The number of pyridine rings is 1. The van der Waals surface area contributed by atoms with Gasteiger partial charge in [-0.05, 0) is 26.0 Å². The fraction of sp³-hybridized carbons (Fsp3) is 0.364. The van der Waals surface area contributed by atoms with Gasteiger partial charge in [-0.2, -0.15) is 14.7 Å². The van der Waals surface area contributed by atoms with Gasteiger partial charge in [-0.3, -0.25) is 10.1 Å². The van der Waals surface area contributed by atoms with Gasteiger partial charge in [0, 0.05) is 48.1 Å². The second-order valence-electron chi connectivity index (χ2n) is 8.02. The van der Waals surface area contributed by atoms with Crippen LogP contribution in [0.25, 0.3) is 5.65 Å². The highest BCUT2D eigenvalue weighted by atomic mass is 19.1. The standard InChI is InChI=1S/C22H25FN8O/c1-13-10-19(28-27-13)25-18-11-20(30-6-8-32-9-7-30)31-22(26-18)21(15(3)29-31)14(2)17-5-4-16(23)12-24-17/h4-5,10-12,14H,6-9H2,1-3H3,(H2,25,26,27,28)/t14-/m0/s1. The number of halogens is 1. The van der Waals surface area contributed by atoms with Crippen molar-refractivity contribution in [2.24, 2.45) is 0 Å². The Hall–Kier alpha value is -3.53. The molecule has 32 heavy (non-hydrogen) atoms. The zero-order valence-corrected chi connectivity index (χ0v) is 18.3. The number of aryl methyl sites for hydroxylation is 2. The maximum atomic E-state index is 13.4. The SMILES string of the molecule is Cc1cc(Nc2cc(N3CCOCC3)n3nc(C)c([C@@H](C)c4ccc(F)cn4)c3n2)n[nH]1. The highest BCUT2D eigenvalue weighted by molar-refractivity contribution is 5.66. The molecule has 9 nitrogen and oxygen atoms in total. The summed E-state index contributed by atoms with van der Waals surface area (Å²) in [5.41, 5.74) is 4.28. The van der Waals surface area contributed by atoms with E-state index in [1.54, 1.807) is 6.07 Å². The van der Waals surface area contributed by atoms with Crippen molar-refractivity contribution in [3.63, 3.8) is 0 Å². The summed E-state index contributed by atoms with van der Waals surface area (Å²) in [6, 6.07) is 7.05. The van der Waals surface area contributed by atoms with Crippen LogP contribution < -0.4 is 10.2 Å². The van der Waals surface area contributed by atoms with Crippen molar-refractivity contribution in [2.75, 3.05) is 36.5 Å². The van der Waals surface area contributed by atoms with E-state index in [2.05, 4.69) is 25.4 Å². The molecular weight excluding hydrogens is 411 g/mol. The van der Waals surface area contributed by atoms with E-state index in [1.807, 2.05) is 37.4 Å². The topological polar surface area (TPSA) is 96.3 Å². The molecule has 0 saturated carbocycles. The van der Waals surface area contributed by atoms with Gasteiger partial charge in [0.15, 0.2) is 11.5 Å². The summed E-state index contributed by atoms with van der Waals surface area (Å²) in [5, 5.41) is 15.3. The lowest BCUT2D eigenvalue weighted by molar-refractivity contribution is 0.122. The van der Waals surface area contributed by atoms with Gasteiger partial charge < -0.3 is 15.0 Å². The van der Waals surface area contributed by atoms with Crippen LogP contribution >= 0.6 is 0 Å². The molecule has 166 valence electrons. The Morgan fingerprint density at radius 1 is 1.16 bits per heavy atom. The number of aromatic nitrogens is 6. The van der Waals surface area contributed by atoms with E-state index in [0.717, 1.165) is 47.2 Å². The monoisotopic (exact) mass is 436 g/mol. The van der Waals surface area contributed by atoms with E-state index in [-0.39, 0.29) is 11.7 Å².